The zero-order chi connectivity index (χ0) is 17.9. The molecule has 1 aromatic carbocycles. The molecule has 1 amide bonds. The number of nitrogens with one attached hydrogen (secondary N) is 1. The van der Waals surface area contributed by atoms with E-state index in [1.165, 1.54) is 18.2 Å². The van der Waals surface area contributed by atoms with Crippen molar-refractivity contribution in [3.05, 3.63) is 28.2 Å². The number of nitrogens with zero attached hydrogens (tertiary/aromatic N) is 1. The highest BCUT2D eigenvalue weighted by molar-refractivity contribution is 7.89. The van der Waals surface area contributed by atoms with Crippen LogP contribution in [0, 0.1) is 0 Å². The molecule has 1 aliphatic rings. The van der Waals surface area contributed by atoms with E-state index in [4.69, 9.17) is 28.3 Å². The second-order valence-corrected chi connectivity index (χ2v) is 8.08. The summed E-state index contributed by atoms with van der Waals surface area (Å²) in [7, 11) is -3.93. The lowest BCUT2D eigenvalue weighted by Gasteiger charge is -2.23. The molecule has 1 fully saturated rings. The maximum atomic E-state index is 12.8. The Bertz CT molecular complexity index is 733. The van der Waals surface area contributed by atoms with Crippen LogP contribution >= 0.6 is 23.2 Å². The van der Waals surface area contributed by atoms with Crippen molar-refractivity contribution in [1.82, 2.24) is 9.62 Å². The molecule has 7 nitrogen and oxygen atoms in total. The van der Waals surface area contributed by atoms with Crippen LogP contribution in [0.2, 0.25) is 10.0 Å². The number of sulfonamides is 1. The number of carbonyl (C=O) groups is 2. The summed E-state index contributed by atoms with van der Waals surface area (Å²) in [6.45, 7) is 0.144. The number of benzene rings is 1. The summed E-state index contributed by atoms with van der Waals surface area (Å²) in [4.78, 5) is 22.6. The van der Waals surface area contributed by atoms with Gasteiger partial charge in [-0.1, -0.05) is 23.2 Å². The van der Waals surface area contributed by atoms with Gasteiger partial charge < -0.3 is 10.4 Å². The monoisotopic (exact) mass is 394 g/mol. The number of rotatable bonds is 6. The molecule has 0 spiro atoms. The van der Waals surface area contributed by atoms with Crippen LogP contribution in [0.15, 0.2) is 23.1 Å². The number of hydrogen-bond acceptors (Lipinski definition) is 4. The molecule has 0 unspecified atom stereocenters. The Labute approximate surface area is 149 Å². The topological polar surface area (TPSA) is 104 Å². The van der Waals surface area contributed by atoms with Gasteiger partial charge in [-0.3, -0.25) is 9.59 Å². The first-order chi connectivity index (χ1) is 11.2. The summed E-state index contributed by atoms with van der Waals surface area (Å²) in [5.74, 6) is -1.55. The predicted octanol–water partition coefficient (Wildman–Crippen LogP) is 1.74. The van der Waals surface area contributed by atoms with Gasteiger partial charge in [0.05, 0.1) is 11.3 Å². The van der Waals surface area contributed by atoms with Crippen LogP contribution in [0.25, 0.3) is 0 Å². The summed E-state index contributed by atoms with van der Waals surface area (Å²) >= 11 is 11.7. The normalized spacial score (nSPS) is 18.5. The highest BCUT2D eigenvalue weighted by Gasteiger charge is 2.39. The van der Waals surface area contributed by atoms with Gasteiger partial charge in [-0.15, -0.1) is 0 Å². The first-order valence-corrected chi connectivity index (χ1v) is 9.39. The highest BCUT2D eigenvalue weighted by atomic mass is 35.5. The molecule has 2 rings (SSSR count). The summed E-state index contributed by atoms with van der Waals surface area (Å²) < 4.78 is 26.6. The Morgan fingerprint density at radius 3 is 2.46 bits per heavy atom. The Hall–Kier alpha value is -1.35. The number of carboxylic acid groups (broad SMARTS) is 1. The van der Waals surface area contributed by atoms with E-state index in [1.54, 1.807) is 0 Å². The average molecular weight is 395 g/mol. The van der Waals surface area contributed by atoms with Crippen molar-refractivity contribution < 1.29 is 23.1 Å². The fraction of sp³-hybridized carbons (Fsp3) is 0.429. The molecule has 0 radical (unpaired) electrons. The van der Waals surface area contributed by atoms with Gasteiger partial charge in [0.2, 0.25) is 15.9 Å². The van der Waals surface area contributed by atoms with Crippen LogP contribution < -0.4 is 5.32 Å². The summed E-state index contributed by atoms with van der Waals surface area (Å²) in [6, 6.07) is 3.10. The summed E-state index contributed by atoms with van der Waals surface area (Å²) in [6.07, 6.45) is 0.673. The summed E-state index contributed by atoms with van der Waals surface area (Å²) in [5.41, 5.74) is 0. The molecule has 1 heterocycles. The number of carboxylic acids is 1. The molecule has 24 heavy (non-hydrogen) atoms. The van der Waals surface area contributed by atoms with E-state index in [-0.39, 0.29) is 34.5 Å². The number of hydrogen-bond donors (Lipinski definition) is 2. The predicted molar refractivity (Wildman–Crippen MR) is 88.6 cm³/mol. The van der Waals surface area contributed by atoms with Crippen LogP contribution in [-0.4, -0.2) is 48.8 Å². The Kier molecular flexibility index (Phi) is 6.08. The van der Waals surface area contributed by atoms with Gasteiger partial charge in [0, 0.05) is 23.1 Å². The lowest BCUT2D eigenvalue weighted by atomic mass is 10.2. The van der Waals surface area contributed by atoms with Gasteiger partial charge in [0.1, 0.15) is 6.04 Å². The van der Waals surface area contributed by atoms with Crippen LogP contribution in [0.5, 0.6) is 0 Å². The Morgan fingerprint density at radius 1 is 1.25 bits per heavy atom. The maximum Gasteiger partial charge on any atom is 0.305 e. The van der Waals surface area contributed by atoms with Crippen LogP contribution in [0.1, 0.15) is 19.3 Å². The molecular formula is C14H16Cl2N2O5S. The molecule has 10 heteroatoms. The van der Waals surface area contributed by atoms with E-state index in [0.29, 0.717) is 12.8 Å². The van der Waals surface area contributed by atoms with Gasteiger partial charge in [0.15, 0.2) is 0 Å². The van der Waals surface area contributed by atoms with Gasteiger partial charge in [-0.2, -0.15) is 4.31 Å². The maximum absolute atomic E-state index is 12.8. The zero-order valence-corrected chi connectivity index (χ0v) is 14.9. The first kappa shape index (κ1) is 19.0. The number of halogens is 2. The minimum absolute atomic E-state index is 0.0540. The van der Waals surface area contributed by atoms with E-state index in [9.17, 15) is 18.0 Å². The fourth-order valence-corrected chi connectivity index (χ4v) is 4.90. The van der Waals surface area contributed by atoms with Crippen LogP contribution in [0.3, 0.4) is 0 Å². The molecular weight excluding hydrogens is 379 g/mol. The molecule has 1 saturated heterocycles. The molecule has 0 aliphatic carbocycles. The molecule has 1 aromatic rings. The van der Waals surface area contributed by atoms with Crippen molar-refractivity contribution in [2.75, 3.05) is 13.1 Å². The van der Waals surface area contributed by atoms with Gasteiger partial charge in [-0.25, -0.2) is 8.42 Å². The van der Waals surface area contributed by atoms with Crippen molar-refractivity contribution in [3.8, 4) is 0 Å². The van der Waals surface area contributed by atoms with E-state index in [2.05, 4.69) is 5.32 Å². The Balaban J connectivity index is 2.19. The largest absolute Gasteiger partial charge is 0.481 e. The first-order valence-electron chi connectivity index (χ1n) is 7.19. The molecule has 132 valence electrons. The molecule has 0 saturated carbocycles. The number of carbonyl (C=O) groups excluding carboxylic acids is 1. The zero-order valence-electron chi connectivity index (χ0n) is 12.5. The Morgan fingerprint density at radius 2 is 1.88 bits per heavy atom. The van der Waals surface area contributed by atoms with Crippen molar-refractivity contribution in [2.24, 2.45) is 0 Å². The van der Waals surface area contributed by atoms with E-state index >= 15 is 0 Å². The second-order valence-electron chi connectivity index (χ2n) is 5.31. The third-order valence-electron chi connectivity index (χ3n) is 3.59. The van der Waals surface area contributed by atoms with E-state index in [0.717, 1.165) is 4.31 Å². The van der Waals surface area contributed by atoms with Crippen LogP contribution in [-0.2, 0) is 19.6 Å². The molecule has 0 aromatic heterocycles. The minimum Gasteiger partial charge on any atom is -0.481 e. The van der Waals surface area contributed by atoms with E-state index < -0.39 is 27.9 Å². The fourth-order valence-electron chi connectivity index (χ4n) is 2.51. The van der Waals surface area contributed by atoms with Gasteiger partial charge in [-0.05, 0) is 31.0 Å². The standard InChI is InChI=1S/C14H16Cl2N2O5S/c15-9-6-10(16)8-11(7-9)24(22,23)18-5-1-2-12(18)14(21)17-4-3-13(19)20/h6-8,12H,1-5H2,(H,17,21)(H,19,20)/t12-/m0/s1. The average Bonchev–Trinajstić information content (AvgIpc) is 2.95. The lowest BCUT2D eigenvalue weighted by Crippen LogP contribution is -2.46. The quantitative estimate of drug-likeness (QED) is 0.764. The van der Waals surface area contributed by atoms with E-state index in [1.807, 2.05) is 0 Å². The van der Waals surface area contributed by atoms with Gasteiger partial charge in [0.25, 0.3) is 0 Å². The smallest absolute Gasteiger partial charge is 0.305 e. The van der Waals surface area contributed by atoms with Crippen molar-refractivity contribution in [3.63, 3.8) is 0 Å². The molecule has 1 atom stereocenters. The van der Waals surface area contributed by atoms with Crippen molar-refractivity contribution >= 4 is 45.1 Å². The minimum atomic E-state index is -3.93. The number of amides is 1. The summed E-state index contributed by atoms with van der Waals surface area (Å²) in [5, 5.41) is 11.4. The van der Waals surface area contributed by atoms with Gasteiger partial charge >= 0.3 is 5.97 Å². The molecule has 1 aliphatic heterocycles. The second kappa shape index (κ2) is 7.69. The third-order valence-corrected chi connectivity index (χ3v) is 5.91. The third kappa shape index (κ3) is 4.38. The van der Waals surface area contributed by atoms with Crippen molar-refractivity contribution in [2.45, 2.75) is 30.2 Å². The van der Waals surface area contributed by atoms with Crippen molar-refractivity contribution in [1.29, 1.82) is 0 Å². The highest BCUT2D eigenvalue weighted by Crippen LogP contribution is 2.29. The molecule has 0 bridgehead atoms. The van der Waals surface area contributed by atoms with Crippen LogP contribution in [0.4, 0.5) is 0 Å². The SMILES string of the molecule is O=C(O)CCNC(=O)[C@@H]1CCCN1S(=O)(=O)c1cc(Cl)cc(Cl)c1. The molecule has 2 N–H and O–H groups in total. The lowest BCUT2D eigenvalue weighted by molar-refractivity contribution is -0.137. The number of aliphatic carboxylic acids is 1.